The van der Waals surface area contributed by atoms with E-state index >= 15 is 0 Å². The molecule has 2 N–H and O–H groups in total. The van der Waals surface area contributed by atoms with Crippen molar-refractivity contribution in [1.82, 2.24) is 4.31 Å². The minimum Gasteiger partial charge on any atom is -0.462 e. The van der Waals surface area contributed by atoms with Crippen LogP contribution in [0.15, 0.2) is 59.5 Å². The fourth-order valence-corrected chi connectivity index (χ4v) is 3.78. The Balaban J connectivity index is 0.00000338. The van der Waals surface area contributed by atoms with Gasteiger partial charge in [0, 0.05) is 19.6 Å². The van der Waals surface area contributed by atoms with Crippen LogP contribution in [-0.2, 0) is 21.3 Å². The third kappa shape index (κ3) is 5.54. The molecule has 0 bridgehead atoms. The molecule has 0 spiro atoms. The van der Waals surface area contributed by atoms with Crippen molar-refractivity contribution in [2.24, 2.45) is 5.73 Å². The second kappa shape index (κ2) is 10.3. The molecule has 0 unspecified atom stereocenters. The van der Waals surface area contributed by atoms with Crippen molar-refractivity contribution in [1.29, 1.82) is 0 Å². The smallest absolute Gasteiger partial charge is 0.338 e. The maximum Gasteiger partial charge on any atom is 0.338 e. The monoisotopic (exact) mass is 398 g/mol. The number of sulfonamides is 1. The van der Waals surface area contributed by atoms with Crippen LogP contribution < -0.4 is 5.73 Å². The molecule has 0 amide bonds. The van der Waals surface area contributed by atoms with Crippen LogP contribution in [-0.4, -0.2) is 38.4 Å². The number of halogens is 1. The minimum atomic E-state index is -3.71. The van der Waals surface area contributed by atoms with Crippen LogP contribution in [0.25, 0.3) is 0 Å². The summed E-state index contributed by atoms with van der Waals surface area (Å²) in [6.07, 6.45) is 0. The van der Waals surface area contributed by atoms with Crippen LogP contribution in [0.4, 0.5) is 0 Å². The van der Waals surface area contributed by atoms with E-state index in [1.54, 1.807) is 6.92 Å². The van der Waals surface area contributed by atoms with E-state index in [1.807, 2.05) is 30.3 Å². The number of carbonyl (C=O) groups excluding carboxylic acids is 1. The van der Waals surface area contributed by atoms with Crippen LogP contribution in [0.3, 0.4) is 0 Å². The Kier molecular flexibility index (Phi) is 8.74. The molecule has 0 aliphatic carbocycles. The number of hydrogen-bond acceptors (Lipinski definition) is 5. The van der Waals surface area contributed by atoms with Crippen molar-refractivity contribution in [2.45, 2.75) is 18.4 Å². The van der Waals surface area contributed by atoms with Gasteiger partial charge < -0.3 is 10.5 Å². The summed E-state index contributed by atoms with van der Waals surface area (Å²) in [6, 6.07) is 15.0. The topological polar surface area (TPSA) is 89.7 Å². The number of benzene rings is 2. The number of esters is 1. The molecular weight excluding hydrogens is 376 g/mol. The SMILES string of the molecule is CCOC(=O)c1ccc(S(=O)(=O)N(CCN)Cc2ccccc2)cc1.Cl. The first-order valence-electron chi connectivity index (χ1n) is 8.00. The molecule has 26 heavy (non-hydrogen) atoms. The molecule has 8 heteroatoms. The molecule has 142 valence electrons. The molecule has 0 aliphatic rings. The summed E-state index contributed by atoms with van der Waals surface area (Å²) < 4.78 is 32.0. The number of ether oxygens (including phenoxy) is 1. The number of rotatable bonds is 8. The van der Waals surface area contributed by atoms with Gasteiger partial charge in [-0.2, -0.15) is 4.31 Å². The third-order valence-electron chi connectivity index (χ3n) is 3.58. The Bertz CT molecular complexity index is 796. The fraction of sp³-hybridized carbons (Fsp3) is 0.278. The van der Waals surface area contributed by atoms with Crippen molar-refractivity contribution >= 4 is 28.4 Å². The molecule has 0 aliphatic heterocycles. The molecule has 0 atom stereocenters. The van der Waals surface area contributed by atoms with Gasteiger partial charge in [0.05, 0.1) is 17.1 Å². The highest BCUT2D eigenvalue weighted by atomic mass is 35.5. The Morgan fingerprint density at radius 2 is 1.69 bits per heavy atom. The molecule has 0 heterocycles. The fourth-order valence-electron chi connectivity index (χ4n) is 2.34. The molecule has 0 fully saturated rings. The summed E-state index contributed by atoms with van der Waals surface area (Å²) in [6.45, 7) is 2.63. The van der Waals surface area contributed by atoms with Gasteiger partial charge in [-0.25, -0.2) is 13.2 Å². The highest BCUT2D eigenvalue weighted by Gasteiger charge is 2.24. The predicted octanol–water partition coefficient (Wildman–Crippen LogP) is 2.43. The number of carbonyl (C=O) groups is 1. The van der Waals surface area contributed by atoms with Crippen LogP contribution in [0.5, 0.6) is 0 Å². The summed E-state index contributed by atoms with van der Waals surface area (Å²) in [5.41, 5.74) is 6.78. The summed E-state index contributed by atoms with van der Waals surface area (Å²) in [4.78, 5) is 11.8. The van der Waals surface area contributed by atoms with Gasteiger partial charge in [-0.3, -0.25) is 0 Å². The van der Waals surface area contributed by atoms with Gasteiger partial charge in [-0.05, 0) is 36.8 Å². The first-order valence-corrected chi connectivity index (χ1v) is 9.44. The lowest BCUT2D eigenvalue weighted by Crippen LogP contribution is -2.35. The number of nitrogens with zero attached hydrogens (tertiary/aromatic N) is 1. The third-order valence-corrected chi connectivity index (χ3v) is 5.44. The zero-order valence-corrected chi connectivity index (χ0v) is 16.1. The van der Waals surface area contributed by atoms with Gasteiger partial charge in [0.25, 0.3) is 0 Å². The Morgan fingerprint density at radius 3 is 2.23 bits per heavy atom. The van der Waals surface area contributed by atoms with E-state index in [-0.39, 0.29) is 43.5 Å². The van der Waals surface area contributed by atoms with E-state index < -0.39 is 16.0 Å². The molecular formula is C18H23ClN2O4S. The molecule has 2 aromatic rings. The molecule has 6 nitrogen and oxygen atoms in total. The zero-order chi connectivity index (χ0) is 18.3. The van der Waals surface area contributed by atoms with E-state index in [9.17, 15) is 13.2 Å². The van der Waals surface area contributed by atoms with Gasteiger partial charge in [-0.15, -0.1) is 12.4 Å². The summed E-state index contributed by atoms with van der Waals surface area (Å²) >= 11 is 0. The van der Waals surface area contributed by atoms with Crippen molar-refractivity contribution in [3.8, 4) is 0 Å². The molecule has 0 radical (unpaired) electrons. The molecule has 0 aromatic heterocycles. The molecule has 0 saturated heterocycles. The Morgan fingerprint density at radius 1 is 1.08 bits per heavy atom. The molecule has 2 rings (SSSR count). The van der Waals surface area contributed by atoms with Gasteiger partial charge in [0.2, 0.25) is 10.0 Å². The van der Waals surface area contributed by atoms with E-state index in [4.69, 9.17) is 10.5 Å². The van der Waals surface area contributed by atoms with Gasteiger partial charge in [0.1, 0.15) is 0 Å². The summed E-state index contributed by atoms with van der Waals surface area (Å²) in [5, 5.41) is 0. The minimum absolute atomic E-state index is 0. The highest BCUT2D eigenvalue weighted by molar-refractivity contribution is 7.89. The van der Waals surface area contributed by atoms with Crippen molar-refractivity contribution in [3.63, 3.8) is 0 Å². The lowest BCUT2D eigenvalue weighted by atomic mass is 10.2. The Hall–Kier alpha value is -1.93. The second-order valence-corrected chi connectivity index (χ2v) is 7.30. The van der Waals surface area contributed by atoms with Crippen LogP contribution >= 0.6 is 12.4 Å². The van der Waals surface area contributed by atoms with Crippen LogP contribution in [0.2, 0.25) is 0 Å². The largest absolute Gasteiger partial charge is 0.462 e. The van der Waals surface area contributed by atoms with Gasteiger partial charge >= 0.3 is 5.97 Å². The summed E-state index contributed by atoms with van der Waals surface area (Å²) in [5.74, 6) is -0.477. The molecule has 2 aromatic carbocycles. The summed E-state index contributed by atoms with van der Waals surface area (Å²) in [7, 11) is -3.71. The first kappa shape index (κ1) is 22.1. The second-order valence-electron chi connectivity index (χ2n) is 5.36. The Labute approximate surface area is 160 Å². The lowest BCUT2D eigenvalue weighted by Gasteiger charge is -2.21. The van der Waals surface area contributed by atoms with Gasteiger partial charge in [-0.1, -0.05) is 30.3 Å². The maximum absolute atomic E-state index is 12.9. The first-order chi connectivity index (χ1) is 12.0. The van der Waals surface area contributed by atoms with Gasteiger partial charge in [0.15, 0.2) is 0 Å². The number of nitrogens with two attached hydrogens (primary N) is 1. The van der Waals surface area contributed by atoms with Crippen LogP contribution in [0.1, 0.15) is 22.8 Å². The quantitative estimate of drug-likeness (QED) is 0.690. The highest BCUT2D eigenvalue weighted by Crippen LogP contribution is 2.19. The normalized spacial score (nSPS) is 11.0. The van der Waals surface area contributed by atoms with Crippen LogP contribution in [0, 0.1) is 0 Å². The standard InChI is InChI=1S/C18H22N2O4S.ClH/c1-2-24-18(21)16-8-10-17(11-9-16)25(22,23)20(13-12-19)14-15-6-4-3-5-7-15;/h3-11H,2,12-14,19H2,1H3;1H. The predicted molar refractivity (Wildman–Crippen MR) is 103 cm³/mol. The van der Waals surface area contributed by atoms with Crippen molar-refractivity contribution in [3.05, 3.63) is 65.7 Å². The van der Waals surface area contributed by atoms with Crippen molar-refractivity contribution < 1.29 is 17.9 Å². The molecule has 0 saturated carbocycles. The van der Waals surface area contributed by atoms with E-state index in [2.05, 4.69) is 0 Å². The maximum atomic E-state index is 12.9. The lowest BCUT2D eigenvalue weighted by molar-refractivity contribution is 0.0526. The average Bonchev–Trinajstić information content (AvgIpc) is 2.62. The van der Waals surface area contributed by atoms with E-state index in [0.717, 1.165) is 5.56 Å². The van der Waals surface area contributed by atoms with E-state index in [0.29, 0.717) is 5.56 Å². The number of hydrogen-bond donors (Lipinski definition) is 1. The zero-order valence-electron chi connectivity index (χ0n) is 14.5. The van der Waals surface area contributed by atoms with Crippen molar-refractivity contribution in [2.75, 3.05) is 19.7 Å². The average molecular weight is 399 g/mol. The van der Waals surface area contributed by atoms with E-state index in [1.165, 1.54) is 28.6 Å².